The summed E-state index contributed by atoms with van der Waals surface area (Å²) in [5.41, 5.74) is 0.953. The van der Waals surface area contributed by atoms with Crippen molar-refractivity contribution in [3.63, 3.8) is 0 Å². The Morgan fingerprint density at radius 3 is 2.78 bits per heavy atom. The van der Waals surface area contributed by atoms with Crippen molar-refractivity contribution < 1.29 is 4.21 Å². The molecule has 2 heterocycles. The van der Waals surface area contributed by atoms with E-state index >= 15 is 0 Å². The number of nitrogens with one attached hydrogen (secondary N) is 1. The fourth-order valence-electron chi connectivity index (χ4n) is 2.25. The molecular formula is C13H15N3OS. The molecule has 1 aliphatic rings. The van der Waals surface area contributed by atoms with Crippen LogP contribution in [-0.2, 0) is 10.8 Å². The SMILES string of the molecule is O=S1CCC(Nc2ncnc3ccccc23)CC1. The maximum Gasteiger partial charge on any atom is 0.137 e. The van der Waals surface area contributed by atoms with Gasteiger partial charge >= 0.3 is 0 Å². The van der Waals surface area contributed by atoms with E-state index in [4.69, 9.17) is 0 Å². The van der Waals surface area contributed by atoms with Crippen LogP contribution in [-0.4, -0.2) is 31.7 Å². The van der Waals surface area contributed by atoms with E-state index in [1.54, 1.807) is 6.33 Å². The molecule has 0 spiro atoms. The van der Waals surface area contributed by atoms with Gasteiger partial charge in [0.2, 0.25) is 0 Å². The maximum absolute atomic E-state index is 11.3. The molecule has 1 N–H and O–H groups in total. The molecule has 2 aromatic rings. The predicted molar refractivity (Wildman–Crippen MR) is 74.1 cm³/mol. The summed E-state index contributed by atoms with van der Waals surface area (Å²) in [4.78, 5) is 8.57. The lowest BCUT2D eigenvalue weighted by Crippen LogP contribution is -2.29. The molecule has 1 aliphatic heterocycles. The predicted octanol–water partition coefficient (Wildman–Crippen LogP) is 1.95. The molecule has 1 fully saturated rings. The normalized spacial score (nSPS) is 24.0. The first-order chi connectivity index (χ1) is 8.83. The summed E-state index contributed by atoms with van der Waals surface area (Å²) in [7, 11) is -0.619. The number of rotatable bonds is 2. The minimum absolute atomic E-state index is 0.376. The lowest BCUT2D eigenvalue weighted by atomic mass is 10.1. The summed E-state index contributed by atoms with van der Waals surface area (Å²) in [6.07, 6.45) is 3.49. The first-order valence-electron chi connectivity index (χ1n) is 6.14. The first kappa shape index (κ1) is 11.6. The van der Waals surface area contributed by atoms with Gasteiger partial charge in [-0.3, -0.25) is 4.21 Å². The summed E-state index contributed by atoms with van der Waals surface area (Å²) in [6, 6.07) is 8.35. The third-order valence-corrected chi connectivity index (χ3v) is 4.65. The Bertz CT molecular complexity index is 572. The zero-order chi connectivity index (χ0) is 12.4. The Hall–Kier alpha value is -1.49. The largest absolute Gasteiger partial charge is 0.367 e. The minimum Gasteiger partial charge on any atom is -0.367 e. The zero-order valence-corrected chi connectivity index (χ0v) is 10.8. The second-order valence-electron chi connectivity index (χ2n) is 4.51. The third-order valence-electron chi connectivity index (χ3n) is 3.27. The molecule has 0 amide bonds. The van der Waals surface area contributed by atoms with Crippen molar-refractivity contribution in [3.8, 4) is 0 Å². The van der Waals surface area contributed by atoms with Crippen LogP contribution < -0.4 is 5.32 Å². The maximum atomic E-state index is 11.3. The van der Waals surface area contributed by atoms with Crippen LogP contribution in [0.3, 0.4) is 0 Å². The highest BCUT2D eigenvalue weighted by atomic mass is 32.2. The van der Waals surface area contributed by atoms with Crippen molar-refractivity contribution in [2.75, 3.05) is 16.8 Å². The smallest absolute Gasteiger partial charge is 0.137 e. The van der Waals surface area contributed by atoms with E-state index in [1.165, 1.54) is 0 Å². The zero-order valence-electron chi connectivity index (χ0n) is 10.0. The van der Waals surface area contributed by atoms with Crippen LogP contribution in [0, 0.1) is 0 Å². The Morgan fingerprint density at radius 2 is 1.94 bits per heavy atom. The van der Waals surface area contributed by atoms with Crippen molar-refractivity contribution in [2.45, 2.75) is 18.9 Å². The summed E-state index contributed by atoms with van der Waals surface area (Å²) in [5.74, 6) is 2.47. The van der Waals surface area contributed by atoms with E-state index in [1.807, 2.05) is 24.3 Å². The Kier molecular flexibility index (Phi) is 3.23. The van der Waals surface area contributed by atoms with Crippen LogP contribution in [0.5, 0.6) is 0 Å². The molecule has 0 radical (unpaired) electrons. The monoisotopic (exact) mass is 261 g/mol. The summed E-state index contributed by atoms with van der Waals surface area (Å²) in [5, 5.41) is 4.51. The van der Waals surface area contributed by atoms with Gasteiger partial charge < -0.3 is 5.32 Å². The molecule has 94 valence electrons. The van der Waals surface area contributed by atoms with Crippen molar-refractivity contribution in [3.05, 3.63) is 30.6 Å². The fourth-order valence-corrected chi connectivity index (χ4v) is 3.55. The Balaban J connectivity index is 1.84. The first-order valence-corrected chi connectivity index (χ1v) is 7.63. The molecule has 4 nitrogen and oxygen atoms in total. The molecule has 1 aromatic carbocycles. The average Bonchev–Trinajstić information content (AvgIpc) is 2.42. The van der Waals surface area contributed by atoms with Crippen molar-refractivity contribution in [1.82, 2.24) is 9.97 Å². The quantitative estimate of drug-likeness (QED) is 0.897. The van der Waals surface area contributed by atoms with Gasteiger partial charge in [-0.1, -0.05) is 12.1 Å². The van der Waals surface area contributed by atoms with Crippen molar-refractivity contribution >= 4 is 27.5 Å². The molecule has 0 bridgehead atoms. The molecular weight excluding hydrogens is 246 g/mol. The Morgan fingerprint density at radius 1 is 1.17 bits per heavy atom. The summed E-state index contributed by atoms with van der Waals surface area (Å²) in [6.45, 7) is 0. The standard InChI is InChI=1S/C13H15N3OS/c17-18-7-5-10(6-8-18)16-13-11-3-1-2-4-12(11)14-9-15-13/h1-4,9-10H,5-8H2,(H,14,15,16). The van der Waals surface area contributed by atoms with Crippen molar-refractivity contribution in [1.29, 1.82) is 0 Å². The van der Waals surface area contributed by atoms with Crippen LogP contribution in [0.15, 0.2) is 30.6 Å². The van der Waals surface area contributed by atoms with Gasteiger partial charge in [0.25, 0.3) is 0 Å². The number of fused-ring (bicyclic) bond motifs is 1. The molecule has 3 rings (SSSR count). The molecule has 5 heteroatoms. The van der Waals surface area contributed by atoms with Crippen LogP contribution >= 0.6 is 0 Å². The van der Waals surface area contributed by atoms with Crippen LogP contribution in [0.25, 0.3) is 10.9 Å². The van der Waals surface area contributed by atoms with E-state index in [0.29, 0.717) is 6.04 Å². The number of para-hydroxylation sites is 1. The highest BCUT2D eigenvalue weighted by molar-refractivity contribution is 7.85. The molecule has 0 atom stereocenters. The van der Waals surface area contributed by atoms with Gasteiger partial charge in [0, 0.05) is 33.7 Å². The number of hydrogen-bond acceptors (Lipinski definition) is 4. The van der Waals surface area contributed by atoms with E-state index in [-0.39, 0.29) is 0 Å². The highest BCUT2D eigenvalue weighted by Gasteiger charge is 2.18. The average molecular weight is 261 g/mol. The van der Waals surface area contributed by atoms with E-state index in [2.05, 4.69) is 15.3 Å². The minimum atomic E-state index is -0.619. The van der Waals surface area contributed by atoms with Gasteiger partial charge in [-0.25, -0.2) is 9.97 Å². The molecule has 1 aromatic heterocycles. The van der Waals surface area contributed by atoms with E-state index in [0.717, 1.165) is 41.1 Å². The van der Waals surface area contributed by atoms with Gasteiger partial charge in [-0.2, -0.15) is 0 Å². The number of benzene rings is 1. The van der Waals surface area contributed by atoms with E-state index in [9.17, 15) is 4.21 Å². The fraction of sp³-hybridized carbons (Fsp3) is 0.385. The summed E-state index contributed by atoms with van der Waals surface area (Å²) >= 11 is 0. The third kappa shape index (κ3) is 2.36. The number of nitrogens with zero attached hydrogens (tertiary/aromatic N) is 2. The lowest BCUT2D eigenvalue weighted by Gasteiger charge is -2.23. The second kappa shape index (κ2) is 5.02. The van der Waals surface area contributed by atoms with Gasteiger partial charge in [0.1, 0.15) is 12.1 Å². The highest BCUT2D eigenvalue weighted by Crippen LogP contribution is 2.21. The summed E-state index contributed by atoms with van der Waals surface area (Å²) < 4.78 is 11.3. The molecule has 1 saturated heterocycles. The number of anilines is 1. The van der Waals surface area contributed by atoms with Crippen LogP contribution in [0.4, 0.5) is 5.82 Å². The molecule has 18 heavy (non-hydrogen) atoms. The molecule has 0 unspecified atom stereocenters. The van der Waals surface area contributed by atoms with Crippen LogP contribution in [0.1, 0.15) is 12.8 Å². The molecule has 0 aliphatic carbocycles. The van der Waals surface area contributed by atoms with Gasteiger partial charge in [0.05, 0.1) is 5.52 Å². The lowest BCUT2D eigenvalue weighted by molar-refractivity contribution is 0.623. The van der Waals surface area contributed by atoms with E-state index < -0.39 is 10.8 Å². The van der Waals surface area contributed by atoms with Gasteiger partial charge in [0.15, 0.2) is 0 Å². The Labute approximate surface area is 108 Å². The van der Waals surface area contributed by atoms with Crippen molar-refractivity contribution in [2.24, 2.45) is 0 Å². The van der Waals surface area contributed by atoms with Gasteiger partial charge in [-0.15, -0.1) is 0 Å². The van der Waals surface area contributed by atoms with Gasteiger partial charge in [-0.05, 0) is 25.0 Å². The topological polar surface area (TPSA) is 54.9 Å². The molecule has 0 saturated carbocycles. The number of aromatic nitrogens is 2. The van der Waals surface area contributed by atoms with Crippen LogP contribution in [0.2, 0.25) is 0 Å². The number of hydrogen-bond donors (Lipinski definition) is 1. The second-order valence-corrected chi connectivity index (χ2v) is 6.20.